The van der Waals surface area contributed by atoms with Gasteiger partial charge in [0.05, 0.1) is 13.2 Å². The van der Waals surface area contributed by atoms with Crippen LogP contribution >= 0.6 is 11.6 Å². The maximum absolute atomic E-state index is 6.43. The van der Waals surface area contributed by atoms with Crippen LogP contribution < -0.4 is 9.47 Å². The van der Waals surface area contributed by atoms with Crippen LogP contribution in [0.3, 0.4) is 0 Å². The van der Waals surface area contributed by atoms with Gasteiger partial charge >= 0.3 is 0 Å². The third-order valence-corrected chi connectivity index (χ3v) is 3.58. The molecule has 0 aromatic heterocycles. The lowest BCUT2D eigenvalue weighted by atomic mass is 9.92. The first kappa shape index (κ1) is 16.9. The fraction of sp³-hybridized carbons (Fsp3) is 0.529. The van der Waals surface area contributed by atoms with Crippen molar-refractivity contribution in [2.24, 2.45) is 0 Å². The Morgan fingerprint density at radius 1 is 1.10 bits per heavy atom. The van der Waals surface area contributed by atoms with Gasteiger partial charge in [-0.1, -0.05) is 30.7 Å². The van der Waals surface area contributed by atoms with Gasteiger partial charge in [-0.2, -0.15) is 0 Å². The van der Waals surface area contributed by atoms with Gasteiger partial charge in [-0.25, -0.2) is 0 Å². The summed E-state index contributed by atoms with van der Waals surface area (Å²) in [5, 5.41) is 0.758. The van der Waals surface area contributed by atoms with Crippen molar-refractivity contribution in [3.8, 4) is 11.5 Å². The molecule has 112 valence electrons. The molecule has 3 heteroatoms. The predicted octanol–water partition coefficient (Wildman–Crippen LogP) is 5.60. The lowest BCUT2D eigenvalue weighted by molar-refractivity contribution is 0.287. The highest BCUT2D eigenvalue weighted by Crippen LogP contribution is 2.39. The summed E-state index contributed by atoms with van der Waals surface area (Å²) in [6, 6.07) is 3.91. The van der Waals surface area contributed by atoms with E-state index in [0.717, 1.165) is 34.9 Å². The first-order valence-electron chi connectivity index (χ1n) is 7.37. The molecule has 1 unspecified atom stereocenters. The van der Waals surface area contributed by atoms with Gasteiger partial charge in [0.25, 0.3) is 0 Å². The highest BCUT2D eigenvalue weighted by Gasteiger charge is 2.16. The Hall–Kier alpha value is -1.15. The molecule has 0 saturated carbocycles. The molecule has 0 saturated heterocycles. The summed E-state index contributed by atoms with van der Waals surface area (Å²) in [6.07, 6.45) is 6.30. The zero-order chi connectivity index (χ0) is 15.0. The summed E-state index contributed by atoms with van der Waals surface area (Å²) in [4.78, 5) is 0. The van der Waals surface area contributed by atoms with E-state index in [1.54, 1.807) is 0 Å². The molecule has 0 radical (unpaired) electrons. The van der Waals surface area contributed by atoms with Crippen molar-refractivity contribution in [2.45, 2.75) is 46.5 Å². The highest BCUT2D eigenvalue weighted by molar-refractivity contribution is 6.31. The summed E-state index contributed by atoms with van der Waals surface area (Å²) >= 11 is 6.43. The number of rotatable bonds is 8. The van der Waals surface area contributed by atoms with Crippen molar-refractivity contribution in [1.29, 1.82) is 0 Å². The molecular weight excluding hydrogens is 272 g/mol. The minimum absolute atomic E-state index is 0.411. The zero-order valence-corrected chi connectivity index (χ0v) is 13.7. The number of benzene rings is 1. The van der Waals surface area contributed by atoms with E-state index in [2.05, 4.69) is 19.1 Å². The Kier molecular flexibility index (Phi) is 7.53. The van der Waals surface area contributed by atoms with Crippen LogP contribution in [0.5, 0.6) is 11.5 Å². The molecule has 0 aliphatic rings. The van der Waals surface area contributed by atoms with Crippen molar-refractivity contribution in [3.63, 3.8) is 0 Å². The fourth-order valence-electron chi connectivity index (χ4n) is 2.21. The van der Waals surface area contributed by atoms with E-state index in [1.807, 2.05) is 32.9 Å². The summed E-state index contributed by atoms with van der Waals surface area (Å²) < 4.78 is 11.3. The lowest BCUT2D eigenvalue weighted by Gasteiger charge is -2.19. The largest absolute Gasteiger partial charge is 0.490 e. The molecule has 20 heavy (non-hydrogen) atoms. The van der Waals surface area contributed by atoms with Crippen LogP contribution in [0, 0.1) is 0 Å². The van der Waals surface area contributed by atoms with Crippen molar-refractivity contribution in [3.05, 3.63) is 34.9 Å². The Morgan fingerprint density at radius 2 is 1.70 bits per heavy atom. The third kappa shape index (κ3) is 4.45. The van der Waals surface area contributed by atoms with Gasteiger partial charge in [-0.15, -0.1) is 0 Å². The summed E-state index contributed by atoms with van der Waals surface area (Å²) in [6.45, 7) is 9.37. The molecule has 2 nitrogen and oxygen atoms in total. The van der Waals surface area contributed by atoms with E-state index in [9.17, 15) is 0 Å². The fourth-order valence-corrected chi connectivity index (χ4v) is 2.52. The molecule has 1 rings (SSSR count). The maximum atomic E-state index is 6.43. The number of hydrogen-bond acceptors (Lipinski definition) is 2. The molecule has 1 aromatic carbocycles. The van der Waals surface area contributed by atoms with Gasteiger partial charge in [-0.3, -0.25) is 0 Å². The standard InChI is InChI=1S/C17H25ClO2/c1-5-9-10-13(6-2)14-11-16(19-7-3)17(20-8-4)12-15(14)18/h5,9,11-13H,6-8,10H2,1-4H3/b9-5-. The van der Waals surface area contributed by atoms with E-state index in [0.29, 0.717) is 19.1 Å². The van der Waals surface area contributed by atoms with E-state index in [4.69, 9.17) is 21.1 Å². The molecule has 0 fully saturated rings. The van der Waals surface area contributed by atoms with Gasteiger partial charge in [0.15, 0.2) is 11.5 Å². The quantitative estimate of drug-likeness (QED) is 0.582. The van der Waals surface area contributed by atoms with Gasteiger partial charge in [0, 0.05) is 11.1 Å². The second-order valence-electron chi connectivity index (χ2n) is 4.60. The molecule has 0 aliphatic heterocycles. The molecule has 0 heterocycles. The second-order valence-corrected chi connectivity index (χ2v) is 5.00. The van der Waals surface area contributed by atoms with E-state index in [1.165, 1.54) is 0 Å². The van der Waals surface area contributed by atoms with Crippen LogP contribution in [0.4, 0.5) is 0 Å². The first-order chi connectivity index (χ1) is 9.67. The maximum Gasteiger partial charge on any atom is 0.162 e. The van der Waals surface area contributed by atoms with Gasteiger partial charge < -0.3 is 9.47 Å². The van der Waals surface area contributed by atoms with Crippen molar-refractivity contribution in [2.75, 3.05) is 13.2 Å². The predicted molar refractivity (Wildman–Crippen MR) is 86.3 cm³/mol. The minimum atomic E-state index is 0.411. The van der Waals surface area contributed by atoms with E-state index < -0.39 is 0 Å². The Labute approximate surface area is 127 Å². The SMILES string of the molecule is C/C=C\CC(CC)c1cc(OCC)c(OCC)cc1Cl. The molecular formula is C17H25ClO2. The molecule has 1 atom stereocenters. The third-order valence-electron chi connectivity index (χ3n) is 3.25. The average molecular weight is 297 g/mol. The number of allylic oxidation sites excluding steroid dienone is 2. The van der Waals surface area contributed by atoms with Crippen molar-refractivity contribution >= 4 is 11.6 Å². The van der Waals surface area contributed by atoms with Crippen LogP contribution in [-0.2, 0) is 0 Å². The Bertz CT molecular complexity index is 441. The second kappa shape index (κ2) is 8.91. The van der Waals surface area contributed by atoms with Crippen LogP contribution in [-0.4, -0.2) is 13.2 Å². The summed E-state index contributed by atoms with van der Waals surface area (Å²) in [7, 11) is 0. The number of halogens is 1. The molecule has 0 amide bonds. The topological polar surface area (TPSA) is 18.5 Å². The van der Waals surface area contributed by atoms with Crippen LogP contribution in [0.15, 0.2) is 24.3 Å². The van der Waals surface area contributed by atoms with Crippen molar-refractivity contribution in [1.82, 2.24) is 0 Å². The Balaban J connectivity index is 3.14. The molecule has 0 spiro atoms. The lowest BCUT2D eigenvalue weighted by Crippen LogP contribution is -2.03. The van der Waals surface area contributed by atoms with Crippen LogP contribution in [0.25, 0.3) is 0 Å². The minimum Gasteiger partial charge on any atom is -0.490 e. The monoisotopic (exact) mass is 296 g/mol. The Morgan fingerprint density at radius 3 is 2.20 bits per heavy atom. The van der Waals surface area contributed by atoms with Crippen LogP contribution in [0.2, 0.25) is 5.02 Å². The van der Waals surface area contributed by atoms with E-state index >= 15 is 0 Å². The van der Waals surface area contributed by atoms with Gasteiger partial charge in [0.2, 0.25) is 0 Å². The normalized spacial score (nSPS) is 12.7. The molecule has 0 N–H and O–H groups in total. The summed E-state index contributed by atoms with van der Waals surface area (Å²) in [5.41, 5.74) is 1.14. The molecule has 1 aromatic rings. The average Bonchev–Trinajstić information content (AvgIpc) is 2.44. The first-order valence-corrected chi connectivity index (χ1v) is 7.75. The van der Waals surface area contributed by atoms with Crippen LogP contribution in [0.1, 0.15) is 52.0 Å². The smallest absolute Gasteiger partial charge is 0.162 e. The van der Waals surface area contributed by atoms with Gasteiger partial charge in [0.1, 0.15) is 0 Å². The van der Waals surface area contributed by atoms with E-state index in [-0.39, 0.29) is 0 Å². The highest BCUT2D eigenvalue weighted by atomic mass is 35.5. The summed E-state index contributed by atoms with van der Waals surface area (Å²) in [5.74, 6) is 1.92. The van der Waals surface area contributed by atoms with Gasteiger partial charge in [-0.05, 0) is 51.2 Å². The number of hydrogen-bond donors (Lipinski definition) is 0. The zero-order valence-electron chi connectivity index (χ0n) is 12.9. The van der Waals surface area contributed by atoms with Crippen molar-refractivity contribution < 1.29 is 9.47 Å². The molecule has 0 aliphatic carbocycles. The number of ether oxygens (including phenoxy) is 2. The molecule has 0 bridgehead atoms.